The Balaban J connectivity index is 1.66. The topological polar surface area (TPSA) is 37.4 Å². The van der Waals surface area contributed by atoms with E-state index in [1.807, 2.05) is 48.5 Å². The van der Waals surface area contributed by atoms with Crippen molar-refractivity contribution in [3.63, 3.8) is 0 Å². The van der Waals surface area contributed by atoms with Crippen LogP contribution in [0, 0.1) is 11.3 Å². The molecule has 2 aliphatic rings. The minimum atomic E-state index is -0.536. The highest BCUT2D eigenvalue weighted by Gasteiger charge is 2.59. The molecule has 0 unspecified atom stereocenters. The number of imide groups is 1. The summed E-state index contributed by atoms with van der Waals surface area (Å²) in [5.41, 5.74) is 1.63. The fraction of sp³-hybridized carbons (Fsp3) is 0.364. The molecule has 1 saturated heterocycles. The van der Waals surface area contributed by atoms with Crippen LogP contribution in [0.2, 0.25) is 0 Å². The fourth-order valence-corrected chi connectivity index (χ4v) is 4.58. The SMILES string of the molecule is O=C1[C@H]2CCCC[C@@]2(Cc2ccccc2)C(=O)N1Cc1ccccc1. The molecule has 1 saturated carbocycles. The molecule has 3 heteroatoms. The molecule has 1 heterocycles. The molecule has 0 spiro atoms. The zero-order valence-corrected chi connectivity index (χ0v) is 14.4. The first kappa shape index (κ1) is 16.1. The van der Waals surface area contributed by atoms with E-state index in [-0.39, 0.29) is 17.7 Å². The summed E-state index contributed by atoms with van der Waals surface area (Å²) in [4.78, 5) is 28.0. The van der Waals surface area contributed by atoms with Gasteiger partial charge in [-0.1, -0.05) is 73.5 Å². The molecular formula is C22H23NO2. The number of amides is 2. The summed E-state index contributed by atoms with van der Waals surface area (Å²) in [5.74, 6) is -0.0861. The Hall–Kier alpha value is -2.42. The van der Waals surface area contributed by atoms with E-state index < -0.39 is 5.41 Å². The Morgan fingerprint density at radius 2 is 1.52 bits per heavy atom. The van der Waals surface area contributed by atoms with Gasteiger partial charge in [0.1, 0.15) is 0 Å². The summed E-state index contributed by atoms with van der Waals surface area (Å²) in [6.45, 7) is 0.394. The van der Waals surface area contributed by atoms with E-state index in [1.165, 1.54) is 4.90 Å². The zero-order valence-electron chi connectivity index (χ0n) is 14.4. The maximum Gasteiger partial charge on any atom is 0.236 e. The summed E-state index contributed by atoms with van der Waals surface area (Å²) >= 11 is 0. The molecule has 1 aliphatic heterocycles. The van der Waals surface area contributed by atoms with E-state index in [0.29, 0.717) is 13.0 Å². The summed E-state index contributed by atoms with van der Waals surface area (Å²) in [6.07, 6.45) is 4.40. The van der Waals surface area contributed by atoms with E-state index in [9.17, 15) is 9.59 Å². The number of hydrogen-bond donors (Lipinski definition) is 0. The smallest absolute Gasteiger partial charge is 0.236 e. The molecule has 0 N–H and O–H groups in total. The average molecular weight is 333 g/mol. The van der Waals surface area contributed by atoms with E-state index >= 15 is 0 Å². The number of hydrogen-bond acceptors (Lipinski definition) is 2. The number of benzene rings is 2. The van der Waals surface area contributed by atoms with Gasteiger partial charge in [-0.05, 0) is 30.4 Å². The van der Waals surface area contributed by atoms with Gasteiger partial charge in [-0.3, -0.25) is 14.5 Å². The van der Waals surface area contributed by atoms with Gasteiger partial charge in [0.25, 0.3) is 0 Å². The van der Waals surface area contributed by atoms with Crippen molar-refractivity contribution in [1.82, 2.24) is 4.90 Å². The Labute approximate surface area is 148 Å². The van der Waals surface area contributed by atoms with Crippen molar-refractivity contribution in [2.45, 2.75) is 38.6 Å². The van der Waals surface area contributed by atoms with Crippen LogP contribution in [0.3, 0.4) is 0 Å². The van der Waals surface area contributed by atoms with Gasteiger partial charge in [-0.15, -0.1) is 0 Å². The third kappa shape index (κ3) is 2.78. The lowest BCUT2D eigenvalue weighted by Crippen LogP contribution is -2.40. The normalized spacial score (nSPS) is 25.9. The standard InChI is InChI=1S/C22H23NO2/c24-20-19-13-7-8-14-22(19,15-17-9-3-1-4-10-17)21(25)23(20)16-18-11-5-2-6-12-18/h1-6,9-12,19H,7-8,13-16H2/t19-,22+/m1/s1. The molecular weight excluding hydrogens is 310 g/mol. The Bertz CT molecular complexity index is 771. The predicted molar refractivity (Wildman–Crippen MR) is 96.5 cm³/mol. The number of nitrogens with zero attached hydrogens (tertiary/aromatic N) is 1. The van der Waals surface area contributed by atoms with Crippen molar-refractivity contribution in [2.24, 2.45) is 11.3 Å². The molecule has 2 amide bonds. The van der Waals surface area contributed by atoms with Crippen molar-refractivity contribution in [3.05, 3.63) is 71.8 Å². The van der Waals surface area contributed by atoms with Gasteiger partial charge in [0.05, 0.1) is 17.9 Å². The monoisotopic (exact) mass is 333 g/mol. The van der Waals surface area contributed by atoms with E-state index in [1.54, 1.807) is 0 Å². The van der Waals surface area contributed by atoms with Gasteiger partial charge in [0, 0.05) is 0 Å². The fourth-order valence-electron chi connectivity index (χ4n) is 4.58. The van der Waals surface area contributed by atoms with Crippen LogP contribution in [0.4, 0.5) is 0 Å². The van der Waals surface area contributed by atoms with Crippen molar-refractivity contribution in [3.8, 4) is 0 Å². The zero-order chi connectivity index (χ0) is 17.3. The first-order valence-electron chi connectivity index (χ1n) is 9.14. The van der Waals surface area contributed by atoms with Crippen LogP contribution in [-0.2, 0) is 22.6 Å². The largest absolute Gasteiger partial charge is 0.277 e. The third-order valence-electron chi connectivity index (χ3n) is 5.81. The minimum Gasteiger partial charge on any atom is -0.277 e. The van der Waals surface area contributed by atoms with E-state index in [0.717, 1.165) is 36.8 Å². The summed E-state index contributed by atoms with van der Waals surface area (Å²) in [6, 6.07) is 19.9. The van der Waals surface area contributed by atoms with Gasteiger partial charge in [-0.2, -0.15) is 0 Å². The third-order valence-corrected chi connectivity index (χ3v) is 5.81. The summed E-state index contributed by atoms with van der Waals surface area (Å²) in [7, 11) is 0. The first-order chi connectivity index (χ1) is 12.2. The Morgan fingerprint density at radius 1 is 0.880 bits per heavy atom. The molecule has 3 nitrogen and oxygen atoms in total. The lowest BCUT2D eigenvalue weighted by molar-refractivity contribution is -0.142. The molecule has 2 aromatic rings. The highest BCUT2D eigenvalue weighted by Crippen LogP contribution is 2.50. The van der Waals surface area contributed by atoms with Crippen LogP contribution in [0.5, 0.6) is 0 Å². The molecule has 0 bridgehead atoms. The molecule has 2 fully saturated rings. The average Bonchev–Trinajstić information content (AvgIpc) is 2.86. The maximum atomic E-state index is 13.4. The second kappa shape index (κ2) is 6.47. The number of likely N-dealkylation sites (tertiary alicyclic amines) is 1. The van der Waals surface area contributed by atoms with Crippen molar-refractivity contribution in [1.29, 1.82) is 0 Å². The number of rotatable bonds is 4. The lowest BCUT2D eigenvalue weighted by Gasteiger charge is -2.35. The number of carbonyl (C=O) groups is 2. The predicted octanol–water partition coefficient (Wildman–Crippen LogP) is 3.97. The Kier molecular flexibility index (Phi) is 4.16. The lowest BCUT2D eigenvalue weighted by atomic mass is 9.64. The molecule has 4 rings (SSSR count). The van der Waals surface area contributed by atoms with Crippen LogP contribution < -0.4 is 0 Å². The van der Waals surface area contributed by atoms with Gasteiger partial charge in [0.15, 0.2) is 0 Å². The number of carbonyl (C=O) groups excluding carboxylic acids is 2. The molecule has 128 valence electrons. The minimum absolute atomic E-state index is 0.0319. The first-order valence-corrected chi connectivity index (χ1v) is 9.14. The summed E-state index contributed by atoms with van der Waals surface area (Å²) < 4.78 is 0. The highest BCUT2D eigenvalue weighted by molar-refractivity contribution is 6.07. The van der Waals surface area contributed by atoms with E-state index in [2.05, 4.69) is 12.1 Å². The molecule has 1 aliphatic carbocycles. The highest BCUT2D eigenvalue weighted by atomic mass is 16.2. The molecule has 25 heavy (non-hydrogen) atoms. The molecule has 2 atom stereocenters. The molecule has 2 aromatic carbocycles. The van der Waals surface area contributed by atoms with Gasteiger partial charge in [0.2, 0.25) is 11.8 Å². The van der Waals surface area contributed by atoms with Crippen LogP contribution in [0.25, 0.3) is 0 Å². The molecule has 0 aromatic heterocycles. The molecule has 0 radical (unpaired) electrons. The van der Waals surface area contributed by atoms with Crippen molar-refractivity contribution in [2.75, 3.05) is 0 Å². The van der Waals surface area contributed by atoms with Crippen LogP contribution in [0.1, 0.15) is 36.8 Å². The van der Waals surface area contributed by atoms with E-state index in [4.69, 9.17) is 0 Å². The van der Waals surface area contributed by atoms with Crippen LogP contribution in [-0.4, -0.2) is 16.7 Å². The Morgan fingerprint density at radius 3 is 2.20 bits per heavy atom. The van der Waals surface area contributed by atoms with Crippen molar-refractivity contribution < 1.29 is 9.59 Å². The number of fused-ring (bicyclic) bond motifs is 1. The van der Waals surface area contributed by atoms with Crippen LogP contribution in [0.15, 0.2) is 60.7 Å². The van der Waals surface area contributed by atoms with Gasteiger partial charge < -0.3 is 0 Å². The van der Waals surface area contributed by atoms with Crippen molar-refractivity contribution >= 4 is 11.8 Å². The second-order valence-corrected chi connectivity index (χ2v) is 7.33. The van der Waals surface area contributed by atoms with Gasteiger partial charge in [-0.25, -0.2) is 0 Å². The van der Waals surface area contributed by atoms with Crippen LogP contribution >= 0.6 is 0 Å². The summed E-state index contributed by atoms with van der Waals surface area (Å²) in [5, 5.41) is 0. The maximum absolute atomic E-state index is 13.4. The van der Waals surface area contributed by atoms with Gasteiger partial charge >= 0.3 is 0 Å². The quantitative estimate of drug-likeness (QED) is 0.794. The second-order valence-electron chi connectivity index (χ2n) is 7.33.